The monoisotopic (exact) mass is 285 g/mol. The number of halogens is 3. The molecule has 1 aliphatic carbocycles. The first-order valence-corrected chi connectivity index (χ1v) is 6.38. The first kappa shape index (κ1) is 15.0. The second kappa shape index (κ2) is 5.73. The van der Waals surface area contributed by atoms with Crippen molar-refractivity contribution in [2.45, 2.75) is 24.8 Å². The molecule has 0 bridgehead atoms. The Morgan fingerprint density at radius 1 is 1.50 bits per heavy atom. The van der Waals surface area contributed by atoms with Gasteiger partial charge in [-0.3, -0.25) is 4.79 Å². The molecule has 0 aromatic carbocycles. The Kier molecular flexibility index (Phi) is 4.78. The van der Waals surface area contributed by atoms with Gasteiger partial charge in [-0.05, 0) is 18.9 Å². The quantitative estimate of drug-likeness (QED) is 0.796. The third-order valence-corrected chi connectivity index (χ3v) is 3.20. The maximum atomic E-state index is 12.1. The number of carbonyl (C=O) groups excluding carboxylic acids is 1. The van der Waals surface area contributed by atoms with Gasteiger partial charge in [0.1, 0.15) is 5.76 Å². The van der Waals surface area contributed by atoms with Crippen molar-refractivity contribution in [3.8, 4) is 0 Å². The van der Waals surface area contributed by atoms with Gasteiger partial charge in [0.15, 0.2) is 0 Å². The van der Waals surface area contributed by atoms with Gasteiger partial charge < -0.3 is 9.08 Å². The summed E-state index contributed by atoms with van der Waals surface area (Å²) >= 11 is -3.37. The maximum Gasteiger partial charge on any atom is 0.508 e. The molecule has 0 aromatic heterocycles. The van der Waals surface area contributed by atoms with Crippen LogP contribution in [0.25, 0.3) is 0 Å². The number of hydrogen-bond donors (Lipinski definition) is 0. The van der Waals surface area contributed by atoms with Crippen LogP contribution in [0.3, 0.4) is 0 Å². The number of hydrogen-bond acceptors (Lipinski definition) is 3. The molecule has 0 saturated carbocycles. The Balaban J connectivity index is 2.72. The zero-order valence-electron chi connectivity index (χ0n) is 9.99. The van der Waals surface area contributed by atoms with E-state index in [1.807, 2.05) is 0 Å². The summed E-state index contributed by atoms with van der Waals surface area (Å²) in [5.41, 5.74) is -4.90. The van der Waals surface area contributed by atoms with Crippen molar-refractivity contribution >= 4 is 17.0 Å². The summed E-state index contributed by atoms with van der Waals surface area (Å²) in [5.74, 6) is -0.736. The fourth-order valence-electron chi connectivity index (χ4n) is 1.63. The van der Waals surface area contributed by atoms with Crippen molar-refractivity contribution in [1.82, 2.24) is 4.90 Å². The molecule has 0 spiro atoms. The Labute approximate surface area is 105 Å². The SMILES string of the molecule is CN(C)C(=O)C1C=C(OS(=O)C(F)(F)F)CCC1. The highest BCUT2D eigenvalue weighted by atomic mass is 32.2. The lowest BCUT2D eigenvalue weighted by atomic mass is 9.94. The summed E-state index contributed by atoms with van der Waals surface area (Å²) in [6, 6.07) is 0. The van der Waals surface area contributed by atoms with Crippen molar-refractivity contribution in [1.29, 1.82) is 0 Å². The van der Waals surface area contributed by atoms with Gasteiger partial charge >= 0.3 is 16.6 Å². The Bertz CT molecular complexity index is 379. The highest BCUT2D eigenvalue weighted by Gasteiger charge is 2.40. The predicted octanol–water partition coefficient (Wildman–Crippen LogP) is 1.96. The smallest absolute Gasteiger partial charge is 0.399 e. The van der Waals surface area contributed by atoms with E-state index in [0.29, 0.717) is 12.8 Å². The van der Waals surface area contributed by atoms with E-state index in [0.717, 1.165) is 0 Å². The molecule has 4 nitrogen and oxygen atoms in total. The molecule has 1 rings (SSSR count). The van der Waals surface area contributed by atoms with Crippen LogP contribution in [0.2, 0.25) is 0 Å². The van der Waals surface area contributed by atoms with E-state index in [4.69, 9.17) is 0 Å². The van der Waals surface area contributed by atoms with Gasteiger partial charge in [0, 0.05) is 20.5 Å². The van der Waals surface area contributed by atoms with Crippen LogP contribution in [0, 0.1) is 5.92 Å². The van der Waals surface area contributed by atoms with Crippen LogP contribution in [0.5, 0.6) is 0 Å². The molecule has 2 atom stereocenters. The fourth-order valence-corrected chi connectivity index (χ4v) is 2.06. The minimum atomic E-state index is -4.90. The fraction of sp³-hybridized carbons (Fsp3) is 0.700. The molecule has 0 heterocycles. The molecule has 18 heavy (non-hydrogen) atoms. The summed E-state index contributed by atoms with van der Waals surface area (Å²) in [5, 5.41) is 0. The maximum absolute atomic E-state index is 12.1. The molecule has 1 amide bonds. The number of rotatable bonds is 3. The van der Waals surface area contributed by atoms with E-state index in [1.165, 1.54) is 11.0 Å². The van der Waals surface area contributed by atoms with E-state index >= 15 is 0 Å². The van der Waals surface area contributed by atoms with Crippen LogP contribution in [-0.2, 0) is 20.1 Å². The second-order valence-corrected chi connectivity index (χ2v) is 5.23. The van der Waals surface area contributed by atoms with Crippen LogP contribution < -0.4 is 0 Å². The average Bonchev–Trinajstić information content (AvgIpc) is 2.27. The highest BCUT2D eigenvalue weighted by molar-refractivity contribution is 7.81. The lowest BCUT2D eigenvalue weighted by Crippen LogP contribution is -2.30. The molecule has 0 saturated heterocycles. The first-order chi connectivity index (χ1) is 8.21. The standard InChI is InChI=1S/C10H14F3NO3S/c1-14(2)9(15)7-4-3-5-8(6-7)17-18(16)10(11,12)13/h6-7H,3-5H2,1-2H3. The molecular weight excluding hydrogens is 271 g/mol. The number of alkyl halides is 3. The van der Waals surface area contributed by atoms with Crippen molar-refractivity contribution < 1.29 is 26.4 Å². The van der Waals surface area contributed by atoms with Gasteiger partial charge in [-0.2, -0.15) is 13.2 Å². The van der Waals surface area contributed by atoms with E-state index in [1.54, 1.807) is 14.1 Å². The normalized spacial score (nSPS) is 22.1. The van der Waals surface area contributed by atoms with Gasteiger partial charge in [0.2, 0.25) is 5.91 Å². The van der Waals surface area contributed by atoms with Crippen LogP contribution in [0.1, 0.15) is 19.3 Å². The largest absolute Gasteiger partial charge is 0.508 e. The van der Waals surface area contributed by atoms with E-state index in [2.05, 4.69) is 4.18 Å². The molecule has 0 aromatic rings. The lowest BCUT2D eigenvalue weighted by molar-refractivity contribution is -0.131. The summed E-state index contributed by atoms with van der Waals surface area (Å²) in [4.78, 5) is 13.0. The minimum absolute atomic E-state index is 0.0305. The zero-order chi connectivity index (χ0) is 13.9. The van der Waals surface area contributed by atoms with Crippen molar-refractivity contribution in [3.05, 3.63) is 11.8 Å². The molecule has 0 fully saturated rings. The van der Waals surface area contributed by atoms with Crippen LogP contribution >= 0.6 is 0 Å². The van der Waals surface area contributed by atoms with Gasteiger partial charge in [-0.15, -0.1) is 0 Å². The average molecular weight is 285 g/mol. The Morgan fingerprint density at radius 3 is 2.61 bits per heavy atom. The molecule has 2 unspecified atom stereocenters. The third-order valence-electron chi connectivity index (χ3n) is 2.46. The van der Waals surface area contributed by atoms with E-state index in [-0.39, 0.29) is 18.1 Å². The van der Waals surface area contributed by atoms with Crippen molar-refractivity contribution in [2.24, 2.45) is 5.92 Å². The molecule has 8 heteroatoms. The molecule has 104 valence electrons. The Morgan fingerprint density at radius 2 is 2.11 bits per heavy atom. The van der Waals surface area contributed by atoms with Gasteiger partial charge in [0.25, 0.3) is 0 Å². The minimum Gasteiger partial charge on any atom is -0.399 e. The predicted molar refractivity (Wildman–Crippen MR) is 59.4 cm³/mol. The molecule has 0 aliphatic heterocycles. The lowest BCUT2D eigenvalue weighted by Gasteiger charge is -2.22. The van der Waals surface area contributed by atoms with Gasteiger partial charge in [0.05, 0.1) is 5.92 Å². The van der Waals surface area contributed by atoms with Gasteiger partial charge in [-0.1, -0.05) is 0 Å². The molecule has 0 radical (unpaired) electrons. The highest BCUT2D eigenvalue weighted by Crippen LogP contribution is 2.29. The summed E-state index contributed by atoms with van der Waals surface area (Å²) in [7, 11) is 3.14. The number of amides is 1. The summed E-state index contributed by atoms with van der Waals surface area (Å²) < 4.78 is 51.3. The molecule has 0 N–H and O–H groups in total. The molecule has 1 aliphatic rings. The Hall–Kier alpha value is -1.05. The second-order valence-electron chi connectivity index (χ2n) is 4.13. The van der Waals surface area contributed by atoms with Crippen LogP contribution in [0.4, 0.5) is 13.2 Å². The third kappa shape index (κ3) is 4.01. The number of nitrogens with zero attached hydrogens (tertiary/aromatic N) is 1. The van der Waals surface area contributed by atoms with Crippen molar-refractivity contribution in [2.75, 3.05) is 14.1 Å². The summed E-state index contributed by atoms with van der Waals surface area (Å²) in [6.45, 7) is 0. The number of allylic oxidation sites excluding steroid dienone is 1. The van der Waals surface area contributed by atoms with Crippen LogP contribution in [-0.4, -0.2) is 34.6 Å². The van der Waals surface area contributed by atoms with E-state index < -0.39 is 22.5 Å². The zero-order valence-corrected chi connectivity index (χ0v) is 10.8. The van der Waals surface area contributed by atoms with Crippen molar-refractivity contribution in [3.63, 3.8) is 0 Å². The molecular formula is C10H14F3NO3S. The van der Waals surface area contributed by atoms with E-state index in [9.17, 15) is 22.2 Å². The number of carbonyl (C=O) groups is 1. The first-order valence-electron chi connectivity index (χ1n) is 5.30. The topological polar surface area (TPSA) is 46.6 Å². The van der Waals surface area contributed by atoms with Crippen LogP contribution in [0.15, 0.2) is 11.8 Å². The van der Waals surface area contributed by atoms with Gasteiger partial charge in [-0.25, -0.2) is 4.21 Å². The summed E-state index contributed by atoms with van der Waals surface area (Å²) in [6.07, 6.45) is 2.68.